The second-order valence-corrected chi connectivity index (χ2v) is 3.76. The molecule has 0 spiro atoms. The molecule has 92 valence electrons. The van der Waals surface area contributed by atoms with Gasteiger partial charge in [-0.05, 0) is 18.2 Å². The van der Waals surface area contributed by atoms with Crippen molar-refractivity contribution >= 4 is 35.0 Å². The first-order valence-corrected chi connectivity index (χ1v) is 5.25. The molecule has 17 heavy (non-hydrogen) atoms. The molecule has 8 heteroatoms. The summed E-state index contributed by atoms with van der Waals surface area (Å²) in [7, 11) is 0. The van der Waals surface area contributed by atoms with Crippen molar-refractivity contribution in [3.63, 3.8) is 0 Å². The highest BCUT2D eigenvalue weighted by molar-refractivity contribution is 6.42. The Labute approximate surface area is 107 Å². The highest BCUT2D eigenvalue weighted by Crippen LogP contribution is 2.24. The van der Waals surface area contributed by atoms with Crippen LogP contribution in [0.25, 0.3) is 0 Å². The molecule has 0 bridgehead atoms. The van der Waals surface area contributed by atoms with Crippen LogP contribution in [0.4, 0.5) is 10.5 Å². The Bertz CT molecular complexity index is 439. The number of halogens is 2. The number of carbonyl (C=O) groups excluding carboxylic acids is 1. The number of nitrogens with zero attached hydrogens (tertiary/aromatic N) is 1. The maximum absolute atomic E-state index is 11.2. The lowest BCUT2D eigenvalue weighted by atomic mass is 10.3. The van der Waals surface area contributed by atoms with Crippen molar-refractivity contribution in [3.05, 3.63) is 38.4 Å². The van der Waals surface area contributed by atoms with E-state index >= 15 is 0 Å². The Morgan fingerprint density at radius 1 is 1.41 bits per heavy atom. The Kier molecular flexibility index (Phi) is 4.99. The van der Waals surface area contributed by atoms with Crippen molar-refractivity contribution in [2.75, 3.05) is 18.5 Å². The third-order valence-electron chi connectivity index (χ3n) is 1.67. The SMILES string of the molecule is O=C(Nc1ccc(Cl)c(Cl)c1)OCC[N+](=O)[O-]. The molecule has 0 aliphatic carbocycles. The predicted molar refractivity (Wildman–Crippen MR) is 63.3 cm³/mol. The minimum atomic E-state index is -0.787. The maximum Gasteiger partial charge on any atom is 0.411 e. The van der Waals surface area contributed by atoms with Gasteiger partial charge >= 0.3 is 6.09 Å². The van der Waals surface area contributed by atoms with Gasteiger partial charge in [-0.1, -0.05) is 23.2 Å². The third-order valence-corrected chi connectivity index (χ3v) is 2.41. The Morgan fingerprint density at radius 2 is 2.12 bits per heavy atom. The van der Waals surface area contributed by atoms with E-state index in [1.807, 2.05) is 0 Å². The number of benzene rings is 1. The molecule has 0 fully saturated rings. The standard InChI is InChI=1S/C9H8Cl2N2O4/c10-7-2-1-6(5-8(7)11)12-9(14)17-4-3-13(15)16/h1-2,5H,3-4H2,(H,12,14). The van der Waals surface area contributed by atoms with Crippen LogP contribution >= 0.6 is 23.2 Å². The molecule has 0 unspecified atom stereocenters. The third kappa shape index (κ3) is 4.88. The van der Waals surface area contributed by atoms with Crippen LogP contribution < -0.4 is 5.32 Å². The fourth-order valence-corrected chi connectivity index (χ4v) is 1.24. The summed E-state index contributed by atoms with van der Waals surface area (Å²) < 4.78 is 4.56. The van der Waals surface area contributed by atoms with Crippen molar-refractivity contribution < 1.29 is 14.5 Å². The van der Waals surface area contributed by atoms with Crippen LogP contribution in [-0.2, 0) is 4.74 Å². The zero-order valence-electron chi connectivity index (χ0n) is 8.48. The van der Waals surface area contributed by atoms with Crippen LogP contribution in [0.1, 0.15) is 0 Å². The summed E-state index contributed by atoms with van der Waals surface area (Å²) in [4.78, 5) is 20.6. The minimum absolute atomic E-state index is 0.287. The van der Waals surface area contributed by atoms with Crippen LogP contribution in [0.15, 0.2) is 18.2 Å². The summed E-state index contributed by atoms with van der Waals surface area (Å²) in [5.74, 6) is 0. The minimum Gasteiger partial charge on any atom is -0.442 e. The smallest absolute Gasteiger partial charge is 0.411 e. The van der Waals surface area contributed by atoms with Crippen LogP contribution in [0.2, 0.25) is 10.0 Å². The first-order chi connectivity index (χ1) is 7.99. The van der Waals surface area contributed by atoms with Crippen molar-refractivity contribution in [2.24, 2.45) is 0 Å². The quantitative estimate of drug-likeness (QED) is 0.678. The lowest BCUT2D eigenvalue weighted by Gasteiger charge is -2.06. The number of nitro groups is 1. The predicted octanol–water partition coefficient (Wildman–Crippen LogP) is 2.82. The second-order valence-electron chi connectivity index (χ2n) is 2.95. The van der Waals surface area contributed by atoms with E-state index < -0.39 is 17.6 Å². The highest BCUT2D eigenvalue weighted by Gasteiger charge is 2.06. The molecule has 1 aromatic carbocycles. The number of carbonyl (C=O) groups is 1. The lowest BCUT2D eigenvalue weighted by molar-refractivity contribution is -0.482. The second kappa shape index (κ2) is 6.27. The molecule has 0 saturated heterocycles. The van der Waals surface area contributed by atoms with E-state index in [0.717, 1.165) is 0 Å². The van der Waals surface area contributed by atoms with Crippen LogP contribution in [0.3, 0.4) is 0 Å². The summed E-state index contributed by atoms with van der Waals surface area (Å²) in [5.41, 5.74) is 0.394. The van der Waals surface area contributed by atoms with Gasteiger partial charge in [-0.3, -0.25) is 15.4 Å². The molecule has 0 aliphatic rings. The summed E-state index contributed by atoms with van der Waals surface area (Å²) in [5, 5.41) is 13.0. The van der Waals surface area contributed by atoms with E-state index in [1.165, 1.54) is 18.2 Å². The maximum atomic E-state index is 11.2. The van der Waals surface area contributed by atoms with Gasteiger partial charge in [-0.25, -0.2) is 4.79 Å². The van der Waals surface area contributed by atoms with Crippen molar-refractivity contribution in [3.8, 4) is 0 Å². The molecule has 0 radical (unpaired) electrons. The molecule has 1 aromatic rings. The largest absolute Gasteiger partial charge is 0.442 e. The molecule has 1 amide bonds. The van der Waals surface area contributed by atoms with E-state index in [-0.39, 0.29) is 11.6 Å². The fourth-order valence-electron chi connectivity index (χ4n) is 0.941. The number of hydrogen-bond donors (Lipinski definition) is 1. The first kappa shape index (κ1) is 13.5. The fraction of sp³-hybridized carbons (Fsp3) is 0.222. The van der Waals surface area contributed by atoms with Gasteiger partial charge < -0.3 is 4.74 Å². The first-order valence-electron chi connectivity index (χ1n) is 4.49. The van der Waals surface area contributed by atoms with Gasteiger partial charge in [0.05, 0.1) is 10.0 Å². The number of hydrogen-bond acceptors (Lipinski definition) is 4. The Hall–Kier alpha value is -1.53. The number of ether oxygens (including phenoxy) is 1. The Balaban J connectivity index is 2.45. The van der Waals surface area contributed by atoms with Gasteiger partial charge in [0.1, 0.15) is 0 Å². The van der Waals surface area contributed by atoms with Crippen molar-refractivity contribution in [1.82, 2.24) is 0 Å². The number of anilines is 1. The Morgan fingerprint density at radius 3 is 2.71 bits per heavy atom. The van der Waals surface area contributed by atoms with Crippen LogP contribution in [0.5, 0.6) is 0 Å². The van der Waals surface area contributed by atoms with Crippen molar-refractivity contribution in [2.45, 2.75) is 0 Å². The molecule has 0 aromatic heterocycles. The molecule has 0 heterocycles. The number of nitrogens with one attached hydrogen (secondary N) is 1. The van der Waals surface area contributed by atoms with E-state index in [4.69, 9.17) is 23.2 Å². The molecule has 0 aliphatic heterocycles. The zero-order chi connectivity index (χ0) is 12.8. The van der Waals surface area contributed by atoms with Crippen LogP contribution in [-0.4, -0.2) is 24.2 Å². The van der Waals surface area contributed by atoms with Gasteiger partial charge in [0.25, 0.3) is 0 Å². The van der Waals surface area contributed by atoms with Gasteiger partial charge in [0.15, 0.2) is 6.61 Å². The van der Waals surface area contributed by atoms with Gasteiger partial charge in [0, 0.05) is 10.6 Å². The van der Waals surface area contributed by atoms with Crippen LogP contribution in [0, 0.1) is 10.1 Å². The number of rotatable bonds is 4. The topological polar surface area (TPSA) is 81.5 Å². The highest BCUT2D eigenvalue weighted by atomic mass is 35.5. The molecular formula is C9H8Cl2N2O4. The monoisotopic (exact) mass is 278 g/mol. The van der Waals surface area contributed by atoms with Crippen molar-refractivity contribution in [1.29, 1.82) is 0 Å². The summed E-state index contributed by atoms with van der Waals surface area (Å²) in [6, 6.07) is 4.48. The molecule has 1 rings (SSSR count). The van der Waals surface area contributed by atoms with Gasteiger partial charge in [-0.15, -0.1) is 0 Å². The van der Waals surface area contributed by atoms with Gasteiger partial charge in [-0.2, -0.15) is 0 Å². The lowest BCUT2D eigenvalue weighted by Crippen LogP contribution is -2.18. The molecule has 0 saturated carbocycles. The summed E-state index contributed by atoms with van der Waals surface area (Å²) in [6.45, 7) is -0.727. The molecule has 6 nitrogen and oxygen atoms in total. The summed E-state index contributed by atoms with van der Waals surface area (Å²) >= 11 is 11.4. The molecule has 1 N–H and O–H groups in total. The molecule has 0 atom stereocenters. The zero-order valence-corrected chi connectivity index (χ0v) is 9.99. The van der Waals surface area contributed by atoms with E-state index in [2.05, 4.69) is 10.1 Å². The average molecular weight is 279 g/mol. The average Bonchev–Trinajstić information content (AvgIpc) is 2.23. The van der Waals surface area contributed by atoms with E-state index in [9.17, 15) is 14.9 Å². The van der Waals surface area contributed by atoms with Gasteiger partial charge in [0.2, 0.25) is 6.54 Å². The molecular weight excluding hydrogens is 271 g/mol. The van der Waals surface area contributed by atoms with E-state index in [0.29, 0.717) is 10.7 Å². The normalized spacial score (nSPS) is 9.76. The van der Waals surface area contributed by atoms with E-state index in [1.54, 1.807) is 0 Å². The summed E-state index contributed by atoms with van der Waals surface area (Å²) in [6.07, 6.45) is -0.787. The number of amides is 1.